The van der Waals surface area contributed by atoms with Gasteiger partial charge in [0.2, 0.25) is 0 Å². The number of nitrogens with one attached hydrogen (secondary N) is 1. The van der Waals surface area contributed by atoms with E-state index in [-0.39, 0.29) is 0 Å². The maximum Gasteiger partial charge on any atom is 0.0702 e. The van der Waals surface area contributed by atoms with E-state index in [1.807, 2.05) is 12.3 Å². The molecule has 0 fully saturated rings. The van der Waals surface area contributed by atoms with Crippen molar-refractivity contribution in [2.45, 2.75) is 39.2 Å². The van der Waals surface area contributed by atoms with Crippen LogP contribution in [0, 0.1) is 0 Å². The molecule has 1 aromatic heterocycles. The fourth-order valence-corrected chi connectivity index (χ4v) is 2.30. The van der Waals surface area contributed by atoms with Gasteiger partial charge in [-0.3, -0.25) is 4.98 Å². The van der Waals surface area contributed by atoms with Crippen molar-refractivity contribution in [1.29, 1.82) is 0 Å². The first-order chi connectivity index (χ1) is 8.85. The zero-order valence-electron chi connectivity index (χ0n) is 11.3. The summed E-state index contributed by atoms with van der Waals surface area (Å²) in [6, 6.07) is 11.2. The molecule has 0 aliphatic rings. The highest BCUT2D eigenvalue weighted by Gasteiger charge is 2.09. The first kappa shape index (κ1) is 13.0. The maximum atomic E-state index is 4.37. The molecule has 2 aromatic rings. The van der Waals surface area contributed by atoms with Gasteiger partial charge in [0, 0.05) is 17.6 Å². The van der Waals surface area contributed by atoms with Crippen LogP contribution in [0.15, 0.2) is 36.5 Å². The fourth-order valence-electron chi connectivity index (χ4n) is 2.30. The van der Waals surface area contributed by atoms with E-state index in [9.17, 15) is 0 Å². The lowest BCUT2D eigenvalue weighted by Gasteiger charge is -2.18. The van der Waals surface area contributed by atoms with E-state index in [4.69, 9.17) is 0 Å². The molecule has 1 heterocycles. The van der Waals surface area contributed by atoms with E-state index in [0.29, 0.717) is 6.04 Å². The van der Waals surface area contributed by atoms with Crippen LogP contribution in [0.25, 0.3) is 10.9 Å². The normalized spacial score (nSPS) is 12.8. The van der Waals surface area contributed by atoms with Gasteiger partial charge in [0.25, 0.3) is 0 Å². The van der Waals surface area contributed by atoms with Crippen LogP contribution in [-0.4, -0.2) is 11.5 Å². The Labute approximate surface area is 109 Å². The molecule has 1 N–H and O–H groups in total. The lowest BCUT2D eigenvalue weighted by Crippen LogP contribution is -2.21. The molecule has 0 spiro atoms. The van der Waals surface area contributed by atoms with Gasteiger partial charge in [-0.05, 0) is 43.1 Å². The van der Waals surface area contributed by atoms with Crippen molar-refractivity contribution < 1.29 is 0 Å². The number of hydrogen-bond acceptors (Lipinski definition) is 2. The van der Waals surface area contributed by atoms with Crippen LogP contribution in [0.4, 0.5) is 0 Å². The molecule has 1 unspecified atom stereocenters. The molecule has 18 heavy (non-hydrogen) atoms. The fraction of sp³-hybridized carbons (Fsp3) is 0.438. The highest BCUT2D eigenvalue weighted by atomic mass is 14.9. The van der Waals surface area contributed by atoms with Crippen molar-refractivity contribution in [2.24, 2.45) is 0 Å². The topological polar surface area (TPSA) is 24.9 Å². The van der Waals surface area contributed by atoms with Crippen LogP contribution < -0.4 is 5.32 Å². The number of nitrogens with zero attached hydrogens (tertiary/aromatic N) is 1. The monoisotopic (exact) mass is 242 g/mol. The van der Waals surface area contributed by atoms with E-state index in [2.05, 4.69) is 48.4 Å². The van der Waals surface area contributed by atoms with Crippen molar-refractivity contribution in [2.75, 3.05) is 6.54 Å². The maximum absolute atomic E-state index is 4.37. The lowest BCUT2D eigenvalue weighted by molar-refractivity contribution is 0.494. The Hall–Kier alpha value is -1.41. The van der Waals surface area contributed by atoms with Gasteiger partial charge in [-0.1, -0.05) is 32.4 Å². The van der Waals surface area contributed by atoms with E-state index < -0.39 is 0 Å². The molecule has 0 saturated carbocycles. The summed E-state index contributed by atoms with van der Waals surface area (Å²) in [5.41, 5.74) is 2.46. The second-order valence-electron chi connectivity index (χ2n) is 4.75. The third-order valence-corrected chi connectivity index (χ3v) is 3.25. The molecule has 0 radical (unpaired) electrons. The predicted molar refractivity (Wildman–Crippen MR) is 77.7 cm³/mol. The predicted octanol–water partition coefficient (Wildman–Crippen LogP) is 4.08. The number of pyridine rings is 1. The summed E-state index contributed by atoms with van der Waals surface area (Å²) in [5.74, 6) is 0. The smallest absolute Gasteiger partial charge is 0.0702 e. The second kappa shape index (κ2) is 6.50. The van der Waals surface area contributed by atoms with Crippen LogP contribution in [0.1, 0.15) is 44.7 Å². The van der Waals surface area contributed by atoms with Crippen molar-refractivity contribution in [3.8, 4) is 0 Å². The van der Waals surface area contributed by atoms with Crippen LogP contribution in [-0.2, 0) is 0 Å². The highest BCUT2D eigenvalue weighted by Crippen LogP contribution is 2.22. The van der Waals surface area contributed by atoms with E-state index in [1.165, 1.54) is 30.2 Å². The van der Waals surface area contributed by atoms with Crippen molar-refractivity contribution in [3.05, 3.63) is 42.1 Å². The van der Waals surface area contributed by atoms with Gasteiger partial charge in [0.05, 0.1) is 5.52 Å². The largest absolute Gasteiger partial charge is 0.310 e. The second-order valence-corrected chi connectivity index (χ2v) is 4.75. The summed E-state index contributed by atoms with van der Waals surface area (Å²) in [6.45, 7) is 5.53. The van der Waals surface area contributed by atoms with Crippen LogP contribution >= 0.6 is 0 Å². The Balaban J connectivity index is 2.25. The highest BCUT2D eigenvalue weighted by molar-refractivity contribution is 5.79. The number of fused-ring (bicyclic) bond motifs is 1. The van der Waals surface area contributed by atoms with Gasteiger partial charge in [-0.25, -0.2) is 0 Å². The summed E-state index contributed by atoms with van der Waals surface area (Å²) >= 11 is 0. The van der Waals surface area contributed by atoms with E-state index in [0.717, 1.165) is 12.1 Å². The van der Waals surface area contributed by atoms with Crippen LogP contribution in [0.2, 0.25) is 0 Å². The van der Waals surface area contributed by atoms with Gasteiger partial charge in [0.1, 0.15) is 0 Å². The molecule has 0 saturated heterocycles. The third kappa shape index (κ3) is 3.08. The Bertz CT molecular complexity index is 493. The van der Waals surface area contributed by atoms with Gasteiger partial charge >= 0.3 is 0 Å². The number of hydrogen-bond donors (Lipinski definition) is 1. The zero-order chi connectivity index (χ0) is 12.8. The van der Waals surface area contributed by atoms with E-state index >= 15 is 0 Å². The Kier molecular flexibility index (Phi) is 4.71. The molecule has 1 aromatic carbocycles. The summed E-state index contributed by atoms with van der Waals surface area (Å²) in [4.78, 5) is 4.37. The summed E-state index contributed by atoms with van der Waals surface area (Å²) in [7, 11) is 0. The minimum Gasteiger partial charge on any atom is -0.310 e. The van der Waals surface area contributed by atoms with Crippen LogP contribution in [0.5, 0.6) is 0 Å². The van der Waals surface area contributed by atoms with Crippen molar-refractivity contribution >= 4 is 10.9 Å². The SMILES string of the molecule is CCCNC(CCC)c1ccc2ncccc2c1. The lowest BCUT2D eigenvalue weighted by atomic mass is 10.00. The first-order valence-corrected chi connectivity index (χ1v) is 6.93. The van der Waals surface area contributed by atoms with Gasteiger partial charge in [-0.2, -0.15) is 0 Å². The molecule has 0 aliphatic carbocycles. The number of rotatable bonds is 6. The minimum absolute atomic E-state index is 0.472. The molecule has 96 valence electrons. The average molecular weight is 242 g/mol. The minimum atomic E-state index is 0.472. The van der Waals surface area contributed by atoms with Crippen molar-refractivity contribution in [1.82, 2.24) is 10.3 Å². The molecule has 0 amide bonds. The van der Waals surface area contributed by atoms with Gasteiger partial charge in [-0.15, -0.1) is 0 Å². The van der Waals surface area contributed by atoms with Gasteiger partial charge in [0.15, 0.2) is 0 Å². The molecule has 2 heteroatoms. The number of benzene rings is 1. The van der Waals surface area contributed by atoms with Crippen LogP contribution in [0.3, 0.4) is 0 Å². The Morgan fingerprint density at radius 1 is 1.17 bits per heavy atom. The third-order valence-electron chi connectivity index (χ3n) is 3.25. The molecule has 1 atom stereocenters. The zero-order valence-corrected chi connectivity index (χ0v) is 11.3. The molecule has 0 aliphatic heterocycles. The summed E-state index contributed by atoms with van der Waals surface area (Å²) in [5, 5.41) is 4.86. The Morgan fingerprint density at radius 2 is 2.06 bits per heavy atom. The van der Waals surface area contributed by atoms with Gasteiger partial charge < -0.3 is 5.32 Å². The quantitative estimate of drug-likeness (QED) is 0.825. The molecular formula is C16H22N2. The molecule has 2 rings (SSSR count). The summed E-state index contributed by atoms with van der Waals surface area (Å²) < 4.78 is 0. The molecular weight excluding hydrogens is 220 g/mol. The summed E-state index contributed by atoms with van der Waals surface area (Å²) in [6.07, 6.45) is 5.41. The van der Waals surface area contributed by atoms with E-state index in [1.54, 1.807) is 0 Å². The standard InChI is InChI=1S/C16H22N2/c1-3-6-15(17-10-4-2)14-8-9-16-13(12-14)7-5-11-18-16/h5,7-9,11-12,15,17H,3-4,6,10H2,1-2H3. The van der Waals surface area contributed by atoms with Crippen molar-refractivity contribution in [3.63, 3.8) is 0 Å². The first-order valence-electron chi connectivity index (χ1n) is 6.93. The Morgan fingerprint density at radius 3 is 2.83 bits per heavy atom. The molecule has 2 nitrogen and oxygen atoms in total. The average Bonchev–Trinajstić information content (AvgIpc) is 2.43. The molecule has 0 bridgehead atoms. The number of aromatic nitrogens is 1.